The number of rotatable bonds is 8. The topological polar surface area (TPSA) is 88.7 Å². The van der Waals surface area contributed by atoms with Crippen molar-refractivity contribution < 1.29 is 18.4 Å². The van der Waals surface area contributed by atoms with Gasteiger partial charge in [-0.05, 0) is 82.3 Å². The van der Waals surface area contributed by atoms with Gasteiger partial charge < -0.3 is 14.4 Å². The molecule has 4 fully saturated rings. The fourth-order valence-corrected chi connectivity index (χ4v) is 7.39. The Morgan fingerprint density at radius 2 is 1.56 bits per heavy atom. The molecule has 7 nitrogen and oxygen atoms in total. The molecule has 0 saturated heterocycles. The molecule has 4 rings (SSSR count). The first kappa shape index (κ1) is 21.0. The molecule has 4 aliphatic rings. The monoisotopic (exact) mass is 417 g/mol. The average Bonchev–Trinajstić information content (AvgIpc) is 2.57. The lowest BCUT2D eigenvalue weighted by molar-refractivity contribution is -0.121. The smallest absolute Gasteiger partial charge is 0.331 e. The van der Waals surface area contributed by atoms with E-state index in [1.807, 2.05) is 0 Å². The molecule has 0 aromatic carbocycles. The van der Waals surface area contributed by atoms with E-state index in [0.717, 1.165) is 17.8 Å². The number of nitrogens with one attached hydrogen (secondary N) is 3. The Kier molecular flexibility index (Phi) is 6.83. The van der Waals surface area contributed by atoms with Gasteiger partial charge in [0.2, 0.25) is 5.91 Å². The lowest BCUT2D eigenvalue weighted by Crippen LogP contribution is -2.62. The second-order valence-electron chi connectivity index (χ2n) is 8.25. The number of hydrogen-bond donors (Lipinski definition) is 3. The minimum absolute atomic E-state index is 0.0459. The zero-order valence-electron chi connectivity index (χ0n) is 16.3. The van der Waals surface area contributed by atoms with Crippen LogP contribution in [-0.2, 0) is 18.4 Å². The molecule has 4 bridgehead atoms. The first-order valence-corrected chi connectivity index (χ1v) is 12.2. The molecule has 154 valence electrons. The molecular weight excluding hydrogens is 385 g/mol. The van der Waals surface area contributed by atoms with Crippen LogP contribution in [-0.4, -0.2) is 35.9 Å². The number of carbonyl (C=O) groups excluding carboxylic acids is 1. The van der Waals surface area contributed by atoms with E-state index in [1.165, 1.54) is 38.5 Å². The van der Waals surface area contributed by atoms with Gasteiger partial charge in [0.1, 0.15) is 0 Å². The van der Waals surface area contributed by atoms with E-state index in [9.17, 15) is 9.36 Å². The van der Waals surface area contributed by atoms with Crippen LogP contribution in [0.2, 0.25) is 0 Å². The molecular formula is C18H32N3O4PS. The van der Waals surface area contributed by atoms with E-state index >= 15 is 0 Å². The standard InChI is InChI=1S/C18H32N3O4PS/c1-3-24-26(23,25-4-2)6-5-16(22)20-21-17(27)19-18-10-13-7-14(11-18)9-15(8-13)12-18/h13-15H,3-12H2,1-2H3,(H,20,22)(H2,19,21,27). The molecule has 27 heavy (non-hydrogen) atoms. The van der Waals surface area contributed by atoms with Crippen LogP contribution >= 0.6 is 19.8 Å². The Morgan fingerprint density at radius 3 is 2.04 bits per heavy atom. The van der Waals surface area contributed by atoms with Crippen LogP contribution in [0.3, 0.4) is 0 Å². The summed E-state index contributed by atoms with van der Waals surface area (Å²) in [6.07, 6.45) is 7.76. The van der Waals surface area contributed by atoms with Crippen LogP contribution in [0.15, 0.2) is 0 Å². The van der Waals surface area contributed by atoms with E-state index in [4.69, 9.17) is 21.3 Å². The number of hydrogen-bond acceptors (Lipinski definition) is 5. The Balaban J connectivity index is 1.41. The van der Waals surface area contributed by atoms with E-state index < -0.39 is 7.60 Å². The Hall–Kier alpha value is -0.690. The predicted molar refractivity (Wildman–Crippen MR) is 108 cm³/mol. The molecule has 9 heteroatoms. The maximum Gasteiger partial charge on any atom is 0.331 e. The zero-order valence-corrected chi connectivity index (χ0v) is 18.0. The van der Waals surface area contributed by atoms with Crippen LogP contribution in [0.5, 0.6) is 0 Å². The molecule has 0 spiro atoms. The van der Waals surface area contributed by atoms with Crippen molar-refractivity contribution >= 4 is 30.8 Å². The van der Waals surface area contributed by atoms with Crippen molar-refractivity contribution in [2.45, 2.75) is 64.3 Å². The van der Waals surface area contributed by atoms with Crippen molar-refractivity contribution in [1.29, 1.82) is 0 Å². The summed E-state index contributed by atoms with van der Waals surface area (Å²) in [5.74, 6) is 2.19. The summed E-state index contributed by atoms with van der Waals surface area (Å²) in [6, 6.07) is 0. The first-order chi connectivity index (χ1) is 12.9. The normalized spacial score (nSPS) is 31.6. The summed E-state index contributed by atoms with van der Waals surface area (Å²) in [4.78, 5) is 12.1. The number of thiocarbonyl (C=S) groups is 1. The summed E-state index contributed by atoms with van der Waals surface area (Å²) in [5.41, 5.74) is 5.50. The van der Waals surface area contributed by atoms with Gasteiger partial charge in [0.05, 0.1) is 19.4 Å². The van der Waals surface area contributed by atoms with Crippen LogP contribution < -0.4 is 16.2 Å². The summed E-state index contributed by atoms with van der Waals surface area (Å²) >= 11 is 5.41. The van der Waals surface area contributed by atoms with E-state index in [2.05, 4.69) is 16.2 Å². The Labute approximate surface area is 167 Å². The lowest BCUT2D eigenvalue weighted by atomic mass is 9.53. The molecule has 0 aromatic rings. The van der Waals surface area contributed by atoms with Crippen LogP contribution in [0.25, 0.3) is 0 Å². The third-order valence-corrected chi connectivity index (χ3v) is 8.28. The Bertz CT molecular complexity index is 570. The van der Waals surface area contributed by atoms with Crippen molar-refractivity contribution in [3.05, 3.63) is 0 Å². The van der Waals surface area contributed by atoms with E-state index in [1.54, 1.807) is 13.8 Å². The van der Waals surface area contributed by atoms with Gasteiger partial charge in [0.25, 0.3) is 0 Å². The van der Waals surface area contributed by atoms with Crippen LogP contribution in [0.1, 0.15) is 58.8 Å². The molecule has 0 atom stereocenters. The van der Waals surface area contributed by atoms with Crippen LogP contribution in [0.4, 0.5) is 0 Å². The minimum atomic E-state index is -3.20. The maximum absolute atomic E-state index is 12.4. The highest BCUT2D eigenvalue weighted by Crippen LogP contribution is 2.55. The van der Waals surface area contributed by atoms with Gasteiger partial charge in [0.15, 0.2) is 5.11 Å². The van der Waals surface area contributed by atoms with Gasteiger partial charge in [-0.2, -0.15) is 0 Å². The fourth-order valence-electron chi connectivity index (χ4n) is 5.52. The molecule has 4 saturated carbocycles. The number of hydrazine groups is 1. The third kappa shape index (κ3) is 5.43. The first-order valence-electron chi connectivity index (χ1n) is 10.1. The van der Waals surface area contributed by atoms with Crippen molar-refractivity contribution in [3.8, 4) is 0 Å². The molecule has 0 unspecified atom stereocenters. The van der Waals surface area contributed by atoms with Crippen molar-refractivity contribution in [2.24, 2.45) is 17.8 Å². The van der Waals surface area contributed by atoms with Crippen molar-refractivity contribution in [2.75, 3.05) is 19.4 Å². The SMILES string of the molecule is CCOP(=O)(CCC(=O)NNC(=S)NC12CC3CC(CC(C3)C1)C2)OCC. The third-order valence-electron chi connectivity index (χ3n) is 6.00. The predicted octanol–water partition coefficient (Wildman–Crippen LogP) is 3.11. The van der Waals surface area contributed by atoms with Crippen LogP contribution in [0, 0.1) is 17.8 Å². The summed E-state index contributed by atoms with van der Waals surface area (Å²) in [7, 11) is -3.20. The number of carbonyl (C=O) groups is 1. The highest BCUT2D eigenvalue weighted by Gasteiger charge is 2.51. The average molecular weight is 418 g/mol. The molecule has 3 N–H and O–H groups in total. The summed E-state index contributed by atoms with van der Waals surface area (Å²) in [6.45, 7) is 4.08. The quantitative estimate of drug-likeness (QED) is 0.318. The van der Waals surface area contributed by atoms with Gasteiger partial charge in [-0.15, -0.1) is 0 Å². The van der Waals surface area contributed by atoms with Gasteiger partial charge >= 0.3 is 7.60 Å². The zero-order chi connectivity index (χ0) is 19.5. The molecule has 0 heterocycles. The van der Waals surface area contributed by atoms with Gasteiger partial charge in [-0.25, -0.2) is 0 Å². The molecule has 0 radical (unpaired) electrons. The second kappa shape index (κ2) is 8.76. The highest BCUT2D eigenvalue weighted by atomic mass is 32.1. The molecule has 0 aromatic heterocycles. The summed E-state index contributed by atoms with van der Waals surface area (Å²) in [5, 5.41) is 3.96. The summed E-state index contributed by atoms with van der Waals surface area (Å²) < 4.78 is 22.8. The molecule has 1 amide bonds. The maximum atomic E-state index is 12.4. The van der Waals surface area contributed by atoms with Gasteiger partial charge in [0, 0.05) is 12.0 Å². The number of amides is 1. The van der Waals surface area contributed by atoms with Gasteiger partial charge in [-0.1, -0.05) is 0 Å². The molecule has 4 aliphatic carbocycles. The second-order valence-corrected chi connectivity index (χ2v) is 10.8. The van der Waals surface area contributed by atoms with Gasteiger partial charge in [-0.3, -0.25) is 20.2 Å². The Morgan fingerprint density at radius 1 is 1.04 bits per heavy atom. The fraction of sp³-hybridized carbons (Fsp3) is 0.889. The van der Waals surface area contributed by atoms with Crippen molar-refractivity contribution in [3.63, 3.8) is 0 Å². The van der Waals surface area contributed by atoms with Crippen molar-refractivity contribution in [1.82, 2.24) is 16.2 Å². The van der Waals surface area contributed by atoms with E-state index in [0.29, 0.717) is 5.11 Å². The minimum Gasteiger partial charge on any atom is -0.356 e. The largest absolute Gasteiger partial charge is 0.356 e. The highest BCUT2D eigenvalue weighted by molar-refractivity contribution is 7.80. The van der Waals surface area contributed by atoms with E-state index in [-0.39, 0.29) is 37.2 Å². The lowest BCUT2D eigenvalue weighted by Gasteiger charge is -2.57. The molecule has 0 aliphatic heterocycles.